The number of hydrogen-bond donors (Lipinski definition) is 2. The van der Waals surface area contributed by atoms with Gasteiger partial charge in [0.05, 0.1) is 11.4 Å². The normalized spacial score (nSPS) is 11.6. The Labute approximate surface area is 115 Å². The van der Waals surface area contributed by atoms with Crippen molar-refractivity contribution in [1.29, 1.82) is 0 Å². The van der Waals surface area contributed by atoms with Crippen molar-refractivity contribution in [2.75, 3.05) is 11.1 Å². The van der Waals surface area contributed by atoms with Crippen LogP contribution in [0.5, 0.6) is 0 Å². The summed E-state index contributed by atoms with van der Waals surface area (Å²) in [4.78, 5) is 16.4. The van der Waals surface area contributed by atoms with Crippen molar-refractivity contribution < 1.29 is 4.79 Å². The molecule has 0 aliphatic carbocycles. The molecule has 102 valence electrons. The molecule has 0 spiro atoms. The highest BCUT2D eigenvalue weighted by molar-refractivity contribution is 7.14. The zero-order valence-corrected chi connectivity index (χ0v) is 12.2. The summed E-state index contributed by atoms with van der Waals surface area (Å²) in [5.41, 5.74) is 7.19. The second-order valence-electron chi connectivity index (χ2n) is 5.35. The molecule has 1 amide bonds. The van der Waals surface area contributed by atoms with E-state index in [4.69, 9.17) is 5.73 Å². The molecule has 2 aromatic heterocycles. The predicted molar refractivity (Wildman–Crippen MR) is 76.4 cm³/mol. The number of nitrogens with zero attached hydrogens (tertiary/aromatic N) is 3. The van der Waals surface area contributed by atoms with Crippen LogP contribution in [0.2, 0.25) is 0 Å². The van der Waals surface area contributed by atoms with Gasteiger partial charge in [-0.15, -0.1) is 11.3 Å². The topological polar surface area (TPSA) is 85.8 Å². The van der Waals surface area contributed by atoms with Gasteiger partial charge in [-0.2, -0.15) is 5.10 Å². The molecular formula is C12H17N5OS. The average molecular weight is 279 g/mol. The zero-order valence-electron chi connectivity index (χ0n) is 11.4. The Balaban J connectivity index is 2.16. The SMILES string of the molecule is Cn1cc(N)c(C(=O)Nc2nc(C(C)(C)C)cs2)n1. The Bertz CT molecular complexity index is 608. The molecule has 7 heteroatoms. The van der Waals surface area contributed by atoms with E-state index >= 15 is 0 Å². The molecule has 0 radical (unpaired) electrons. The van der Waals surface area contributed by atoms with E-state index in [9.17, 15) is 4.79 Å². The minimum atomic E-state index is -0.340. The standard InChI is InChI=1S/C12H17N5OS/c1-12(2,3)8-6-19-11(14-8)15-10(18)9-7(13)5-17(4)16-9/h5-6H,13H2,1-4H3,(H,14,15,18). The maximum atomic E-state index is 12.0. The van der Waals surface area contributed by atoms with Gasteiger partial charge in [0.1, 0.15) is 0 Å². The third kappa shape index (κ3) is 2.93. The molecule has 2 aromatic rings. The second kappa shape index (κ2) is 4.65. The number of aromatic nitrogens is 3. The monoisotopic (exact) mass is 279 g/mol. The van der Waals surface area contributed by atoms with E-state index in [0.717, 1.165) is 5.69 Å². The van der Waals surface area contributed by atoms with Crippen LogP contribution in [-0.4, -0.2) is 20.7 Å². The lowest BCUT2D eigenvalue weighted by Crippen LogP contribution is -2.15. The van der Waals surface area contributed by atoms with E-state index in [2.05, 4.69) is 36.2 Å². The van der Waals surface area contributed by atoms with Crippen LogP contribution in [0.1, 0.15) is 37.0 Å². The van der Waals surface area contributed by atoms with Gasteiger partial charge in [-0.05, 0) is 0 Å². The fourth-order valence-corrected chi connectivity index (χ4v) is 2.45. The quantitative estimate of drug-likeness (QED) is 0.880. The molecule has 3 N–H and O–H groups in total. The molecule has 19 heavy (non-hydrogen) atoms. The largest absolute Gasteiger partial charge is 0.396 e. The number of nitrogens with one attached hydrogen (secondary N) is 1. The fraction of sp³-hybridized carbons (Fsp3) is 0.417. The minimum Gasteiger partial charge on any atom is -0.396 e. The lowest BCUT2D eigenvalue weighted by atomic mass is 9.93. The number of amides is 1. The van der Waals surface area contributed by atoms with Gasteiger partial charge in [-0.1, -0.05) is 20.8 Å². The summed E-state index contributed by atoms with van der Waals surface area (Å²) >= 11 is 1.39. The molecule has 0 saturated heterocycles. The molecule has 0 fully saturated rings. The molecule has 0 saturated carbocycles. The van der Waals surface area contributed by atoms with Crippen molar-refractivity contribution in [3.63, 3.8) is 0 Å². The Hall–Kier alpha value is -1.89. The summed E-state index contributed by atoms with van der Waals surface area (Å²) in [5.74, 6) is -0.340. The van der Waals surface area contributed by atoms with Crippen LogP contribution < -0.4 is 11.1 Å². The molecule has 0 aliphatic heterocycles. The van der Waals surface area contributed by atoms with Crippen LogP contribution in [0.25, 0.3) is 0 Å². The molecule has 0 aliphatic rings. The van der Waals surface area contributed by atoms with Crippen molar-refractivity contribution in [1.82, 2.24) is 14.8 Å². The minimum absolute atomic E-state index is 0.0382. The van der Waals surface area contributed by atoms with Gasteiger partial charge in [0.15, 0.2) is 10.8 Å². The van der Waals surface area contributed by atoms with Gasteiger partial charge in [-0.3, -0.25) is 14.8 Å². The highest BCUT2D eigenvalue weighted by Crippen LogP contribution is 2.26. The summed E-state index contributed by atoms with van der Waals surface area (Å²) in [6, 6.07) is 0. The Morgan fingerprint density at radius 3 is 2.63 bits per heavy atom. The third-order valence-electron chi connectivity index (χ3n) is 2.57. The molecule has 0 atom stereocenters. The molecule has 2 heterocycles. The summed E-state index contributed by atoms with van der Waals surface area (Å²) in [6.45, 7) is 6.22. The number of nitrogens with two attached hydrogens (primary N) is 1. The van der Waals surface area contributed by atoms with Crippen LogP contribution in [0.15, 0.2) is 11.6 Å². The van der Waals surface area contributed by atoms with Gasteiger partial charge < -0.3 is 5.73 Å². The lowest BCUT2D eigenvalue weighted by molar-refractivity contribution is 0.102. The highest BCUT2D eigenvalue weighted by Gasteiger charge is 2.20. The summed E-state index contributed by atoms with van der Waals surface area (Å²) in [5, 5.41) is 9.23. The van der Waals surface area contributed by atoms with Gasteiger partial charge >= 0.3 is 0 Å². The van der Waals surface area contributed by atoms with Gasteiger partial charge in [0, 0.05) is 24.0 Å². The summed E-state index contributed by atoms with van der Waals surface area (Å²) in [7, 11) is 1.72. The molecule has 0 unspecified atom stereocenters. The Morgan fingerprint density at radius 1 is 1.47 bits per heavy atom. The van der Waals surface area contributed by atoms with Crippen LogP contribution in [0, 0.1) is 0 Å². The second-order valence-corrected chi connectivity index (χ2v) is 6.21. The van der Waals surface area contributed by atoms with E-state index in [0.29, 0.717) is 10.8 Å². The maximum absolute atomic E-state index is 12.0. The number of thiazole rings is 1. The fourth-order valence-electron chi connectivity index (χ4n) is 1.52. The molecule has 0 aromatic carbocycles. The van der Waals surface area contributed by atoms with Crippen LogP contribution >= 0.6 is 11.3 Å². The highest BCUT2D eigenvalue weighted by atomic mass is 32.1. The number of rotatable bonds is 2. The average Bonchev–Trinajstić information content (AvgIpc) is 2.84. The van der Waals surface area contributed by atoms with Crippen molar-refractivity contribution in [3.8, 4) is 0 Å². The predicted octanol–water partition coefficient (Wildman–Crippen LogP) is 2.01. The number of carbonyl (C=O) groups excluding carboxylic acids is 1. The lowest BCUT2D eigenvalue weighted by Gasteiger charge is -2.14. The number of carbonyl (C=O) groups is 1. The first kappa shape index (κ1) is 13.5. The summed E-state index contributed by atoms with van der Waals surface area (Å²) in [6.07, 6.45) is 1.59. The van der Waals surface area contributed by atoms with Crippen molar-refractivity contribution in [2.45, 2.75) is 26.2 Å². The Morgan fingerprint density at radius 2 is 2.16 bits per heavy atom. The van der Waals surface area contributed by atoms with Crippen molar-refractivity contribution in [2.24, 2.45) is 7.05 Å². The van der Waals surface area contributed by atoms with E-state index in [-0.39, 0.29) is 17.0 Å². The van der Waals surface area contributed by atoms with Crippen LogP contribution in [-0.2, 0) is 12.5 Å². The van der Waals surface area contributed by atoms with Crippen LogP contribution in [0.3, 0.4) is 0 Å². The van der Waals surface area contributed by atoms with Gasteiger partial charge in [0.2, 0.25) is 0 Å². The number of aryl methyl sites for hydroxylation is 1. The molecule has 0 bridgehead atoms. The number of anilines is 2. The van der Waals surface area contributed by atoms with Crippen LogP contribution in [0.4, 0.5) is 10.8 Å². The number of hydrogen-bond acceptors (Lipinski definition) is 5. The van der Waals surface area contributed by atoms with Gasteiger partial charge in [-0.25, -0.2) is 4.98 Å². The van der Waals surface area contributed by atoms with E-state index in [1.165, 1.54) is 16.0 Å². The zero-order chi connectivity index (χ0) is 14.2. The summed E-state index contributed by atoms with van der Waals surface area (Å²) < 4.78 is 1.51. The van der Waals surface area contributed by atoms with E-state index in [1.54, 1.807) is 13.2 Å². The molecular weight excluding hydrogens is 262 g/mol. The molecule has 2 rings (SSSR count). The van der Waals surface area contributed by atoms with Crippen molar-refractivity contribution >= 4 is 28.1 Å². The smallest absolute Gasteiger partial charge is 0.280 e. The third-order valence-corrected chi connectivity index (χ3v) is 3.32. The molecule has 6 nitrogen and oxygen atoms in total. The van der Waals surface area contributed by atoms with E-state index < -0.39 is 0 Å². The van der Waals surface area contributed by atoms with E-state index in [1.807, 2.05) is 5.38 Å². The first-order valence-corrected chi connectivity index (χ1v) is 6.72. The number of nitrogen functional groups attached to an aromatic ring is 1. The van der Waals surface area contributed by atoms with Gasteiger partial charge in [0.25, 0.3) is 5.91 Å². The van der Waals surface area contributed by atoms with Crippen molar-refractivity contribution in [3.05, 3.63) is 23.0 Å². The first-order chi connectivity index (χ1) is 8.77. The first-order valence-electron chi connectivity index (χ1n) is 5.84. The maximum Gasteiger partial charge on any atom is 0.280 e. The Kier molecular flexibility index (Phi) is 3.32.